The average Bonchev–Trinajstić information content (AvgIpc) is 3.12. The first kappa shape index (κ1) is 24.1. The van der Waals surface area contributed by atoms with E-state index in [-0.39, 0.29) is 29.1 Å². The van der Waals surface area contributed by atoms with E-state index in [4.69, 9.17) is 16.2 Å². The molecule has 0 saturated carbocycles. The number of nitrogens with zero attached hydrogens (tertiary/aromatic N) is 1. The molecule has 2 atom stereocenters. The van der Waals surface area contributed by atoms with Crippen LogP contribution >= 0.6 is 11.3 Å². The molecule has 0 aliphatic heterocycles. The fourth-order valence-electron chi connectivity index (χ4n) is 3.05. The Bertz CT molecular complexity index is 912. The fourth-order valence-corrected chi connectivity index (χ4v) is 4.01. The maximum Gasteiger partial charge on any atom is 0.405 e. The minimum atomic E-state index is -1.31. The molecule has 1 heterocycles. The summed E-state index contributed by atoms with van der Waals surface area (Å²) in [5.74, 6) is -1.01. The van der Waals surface area contributed by atoms with E-state index in [1.165, 1.54) is 11.3 Å². The molecule has 0 fully saturated rings. The van der Waals surface area contributed by atoms with Crippen LogP contribution in [0, 0.1) is 11.3 Å². The summed E-state index contributed by atoms with van der Waals surface area (Å²) in [5.41, 5.74) is 5.98. The van der Waals surface area contributed by atoms with Crippen molar-refractivity contribution in [1.29, 1.82) is 5.41 Å². The monoisotopic (exact) mass is 448 g/mol. The number of rotatable bonds is 11. The first-order chi connectivity index (χ1) is 14.7. The molecule has 2 amide bonds. The standard InChI is InChI=1S/C20H28N6O4S/c1-11(2)10-14(26-20(29)30)17(28)24-13(7-5-9-23-19(21)22)16(27)18-25-12-6-3-4-8-15(12)31-18/h3-4,6,8,11,13-14,26H,5,7,9-10H2,1-2H3,(H,24,28)(H,29,30)(H4,21,22,23). The van der Waals surface area contributed by atoms with E-state index in [2.05, 4.69) is 20.9 Å². The summed E-state index contributed by atoms with van der Waals surface area (Å²) < 4.78 is 0.861. The van der Waals surface area contributed by atoms with Crippen LogP contribution in [0.1, 0.15) is 42.9 Å². The largest absolute Gasteiger partial charge is 0.465 e. The predicted octanol–water partition coefficient (Wildman–Crippen LogP) is 1.91. The average molecular weight is 449 g/mol. The van der Waals surface area contributed by atoms with Crippen LogP contribution in [0.3, 0.4) is 0 Å². The lowest BCUT2D eigenvalue weighted by atomic mass is 10.0. The third-order valence-corrected chi connectivity index (χ3v) is 5.49. The van der Waals surface area contributed by atoms with Crippen molar-refractivity contribution < 1.29 is 19.5 Å². The number of benzene rings is 1. The fraction of sp³-hybridized carbons (Fsp3) is 0.450. The van der Waals surface area contributed by atoms with E-state index in [9.17, 15) is 14.4 Å². The second kappa shape index (κ2) is 11.3. The Morgan fingerprint density at radius 2 is 1.90 bits per heavy atom. The molecule has 1 aromatic heterocycles. The summed E-state index contributed by atoms with van der Waals surface area (Å²) in [6.45, 7) is 4.11. The van der Waals surface area contributed by atoms with Crippen LogP contribution in [-0.4, -0.2) is 52.5 Å². The summed E-state index contributed by atoms with van der Waals surface area (Å²) in [4.78, 5) is 41.4. The molecular weight excluding hydrogens is 420 g/mol. The van der Waals surface area contributed by atoms with Gasteiger partial charge in [-0.05, 0) is 37.3 Å². The molecule has 10 nitrogen and oxygen atoms in total. The van der Waals surface area contributed by atoms with Crippen molar-refractivity contribution in [2.24, 2.45) is 11.7 Å². The first-order valence-electron chi connectivity index (χ1n) is 9.95. The molecule has 2 rings (SSSR count). The summed E-state index contributed by atoms with van der Waals surface area (Å²) in [7, 11) is 0. The van der Waals surface area contributed by atoms with Gasteiger partial charge in [-0.15, -0.1) is 11.3 Å². The van der Waals surface area contributed by atoms with E-state index in [0.717, 1.165) is 4.70 Å². The smallest absolute Gasteiger partial charge is 0.405 e. The van der Waals surface area contributed by atoms with Crippen LogP contribution in [0.2, 0.25) is 0 Å². The van der Waals surface area contributed by atoms with E-state index < -0.39 is 24.1 Å². The number of para-hydroxylation sites is 1. The van der Waals surface area contributed by atoms with E-state index in [0.29, 0.717) is 24.9 Å². The van der Waals surface area contributed by atoms with Crippen molar-refractivity contribution in [1.82, 2.24) is 20.9 Å². The lowest BCUT2D eigenvalue weighted by molar-refractivity contribution is -0.123. The molecule has 0 spiro atoms. The van der Waals surface area contributed by atoms with Crippen molar-refractivity contribution in [2.75, 3.05) is 6.54 Å². The third kappa shape index (κ3) is 7.52. The number of thiazole rings is 1. The highest BCUT2D eigenvalue weighted by atomic mass is 32.1. The van der Waals surface area contributed by atoms with Gasteiger partial charge in [0, 0.05) is 6.54 Å². The topological polar surface area (TPSA) is 170 Å². The Morgan fingerprint density at radius 3 is 2.52 bits per heavy atom. The van der Waals surface area contributed by atoms with Gasteiger partial charge in [0.2, 0.25) is 11.7 Å². The normalized spacial score (nSPS) is 12.9. The van der Waals surface area contributed by atoms with Gasteiger partial charge in [0.1, 0.15) is 6.04 Å². The molecule has 0 aliphatic carbocycles. The molecule has 0 saturated heterocycles. The van der Waals surface area contributed by atoms with Crippen molar-refractivity contribution in [3.63, 3.8) is 0 Å². The molecule has 0 aliphatic rings. The number of amides is 2. The van der Waals surface area contributed by atoms with E-state index in [1.807, 2.05) is 38.1 Å². The number of guanidine groups is 1. The Morgan fingerprint density at radius 1 is 1.19 bits per heavy atom. The second-order valence-corrected chi connectivity index (χ2v) is 8.56. The zero-order valence-electron chi connectivity index (χ0n) is 17.5. The number of carbonyl (C=O) groups is 3. The van der Waals surface area contributed by atoms with Gasteiger partial charge in [0.25, 0.3) is 0 Å². The van der Waals surface area contributed by atoms with Gasteiger partial charge >= 0.3 is 6.09 Å². The number of Topliss-reactive ketones (excluding diaryl/α,β-unsaturated/α-hetero) is 1. The van der Waals surface area contributed by atoms with Gasteiger partial charge in [0.15, 0.2) is 11.0 Å². The summed E-state index contributed by atoms with van der Waals surface area (Å²) in [5, 5.41) is 24.1. The lowest BCUT2D eigenvalue weighted by Crippen LogP contribution is -2.52. The zero-order valence-corrected chi connectivity index (χ0v) is 18.3. The number of fused-ring (bicyclic) bond motifs is 1. The number of carboxylic acid groups (broad SMARTS) is 1. The summed E-state index contributed by atoms with van der Waals surface area (Å²) in [6, 6.07) is 5.50. The number of aromatic nitrogens is 1. The first-order valence-corrected chi connectivity index (χ1v) is 10.8. The van der Waals surface area contributed by atoms with Crippen LogP contribution in [0.5, 0.6) is 0 Å². The van der Waals surface area contributed by atoms with Crippen LogP contribution in [0.15, 0.2) is 24.3 Å². The third-order valence-electron chi connectivity index (χ3n) is 4.44. The number of nitrogens with two attached hydrogens (primary N) is 1. The number of nitrogens with one attached hydrogen (secondary N) is 4. The number of carbonyl (C=O) groups excluding carboxylic acids is 2. The molecule has 1 aromatic carbocycles. The summed E-state index contributed by atoms with van der Waals surface area (Å²) >= 11 is 1.24. The molecule has 7 N–H and O–H groups in total. The van der Waals surface area contributed by atoms with Gasteiger partial charge in [0.05, 0.1) is 16.3 Å². The van der Waals surface area contributed by atoms with E-state index in [1.54, 1.807) is 0 Å². The highest BCUT2D eigenvalue weighted by molar-refractivity contribution is 7.20. The molecule has 2 unspecified atom stereocenters. The Hall–Kier alpha value is -3.21. The minimum Gasteiger partial charge on any atom is -0.465 e. The lowest BCUT2D eigenvalue weighted by Gasteiger charge is -2.22. The summed E-state index contributed by atoms with van der Waals surface area (Å²) in [6.07, 6.45) is -0.267. The van der Waals surface area contributed by atoms with E-state index >= 15 is 0 Å². The number of hydrogen-bond acceptors (Lipinski definition) is 6. The van der Waals surface area contributed by atoms with Crippen LogP contribution in [0.25, 0.3) is 10.2 Å². The molecule has 168 valence electrons. The van der Waals surface area contributed by atoms with Crippen LogP contribution < -0.4 is 21.7 Å². The van der Waals surface area contributed by atoms with Crippen molar-refractivity contribution >= 4 is 45.3 Å². The Kier molecular flexibility index (Phi) is 8.74. The molecule has 31 heavy (non-hydrogen) atoms. The van der Waals surface area contributed by atoms with Crippen molar-refractivity contribution in [3.05, 3.63) is 29.3 Å². The van der Waals surface area contributed by atoms with Gasteiger partial charge in [-0.2, -0.15) is 0 Å². The maximum atomic E-state index is 13.2. The molecule has 2 aromatic rings. The van der Waals surface area contributed by atoms with Crippen LogP contribution in [-0.2, 0) is 4.79 Å². The second-order valence-electron chi connectivity index (χ2n) is 7.53. The molecule has 0 bridgehead atoms. The SMILES string of the molecule is CC(C)CC(NC(=O)O)C(=O)NC(CCCNC(=N)N)C(=O)c1nc2ccccc2s1. The predicted molar refractivity (Wildman–Crippen MR) is 119 cm³/mol. The van der Waals surface area contributed by atoms with Crippen molar-refractivity contribution in [2.45, 2.75) is 45.2 Å². The number of hydrogen-bond donors (Lipinski definition) is 6. The molecule has 0 radical (unpaired) electrons. The quantitative estimate of drug-likeness (QED) is 0.132. The van der Waals surface area contributed by atoms with Gasteiger partial charge in [-0.1, -0.05) is 26.0 Å². The van der Waals surface area contributed by atoms with Gasteiger partial charge in [-0.25, -0.2) is 9.78 Å². The minimum absolute atomic E-state index is 0.0702. The zero-order chi connectivity index (χ0) is 23.0. The van der Waals surface area contributed by atoms with Crippen molar-refractivity contribution in [3.8, 4) is 0 Å². The van der Waals surface area contributed by atoms with Gasteiger partial charge in [-0.3, -0.25) is 15.0 Å². The Labute approximate surface area is 184 Å². The molecular formula is C20H28N6O4S. The maximum absolute atomic E-state index is 13.2. The molecule has 11 heteroatoms. The Balaban J connectivity index is 2.19. The van der Waals surface area contributed by atoms with Gasteiger partial charge < -0.3 is 26.8 Å². The number of ketones is 1. The van der Waals surface area contributed by atoms with Crippen LogP contribution in [0.4, 0.5) is 4.79 Å². The highest BCUT2D eigenvalue weighted by Gasteiger charge is 2.29. The highest BCUT2D eigenvalue weighted by Crippen LogP contribution is 2.23.